The van der Waals surface area contributed by atoms with E-state index in [1.807, 2.05) is 19.1 Å². The van der Waals surface area contributed by atoms with E-state index >= 15 is 0 Å². The average Bonchev–Trinajstić information content (AvgIpc) is 2.34. The van der Waals surface area contributed by atoms with Crippen LogP contribution in [0.1, 0.15) is 5.56 Å². The fraction of sp³-hybridized carbons (Fsp3) is 0.308. The summed E-state index contributed by atoms with van der Waals surface area (Å²) >= 11 is 5.53. The summed E-state index contributed by atoms with van der Waals surface area (Å²) < 4.78 is 10.5. The largest absolute Gasteiger partial charge is 0.493 e. The van der Waals surface area contributed by atoms with Crippen molar-refractivity contribution in [1.29, 1.82) is 0 Å². The van der Waals surface area contributed by atoms with Crippen LogP contribution in [0, 0.1) is 6.92 Å². The predicted molar refractivity (Wildman–Crippen MR) is 71.2 cm³/mol. The van der Waals surface area contributed by atoms with Gasteiger partial charge in [-0.05, 0) is 24.6 Å². The van der Waals surface area contributed by atoms with Crippen LogP contribution < -0.4 is 14.8 Å². The molecule has 1 N–H and O–H groups in total. The minimum Gasteiger partial charge on any atom is -0.493 e. The fourth-order valence-corrected chi connectivity index (χ4v) is 1.35. The molecule has 18 heavy (non-hydrogen) atoms. The van der Waals surface area contributed by atoms with Crippen LogP contribution >= 0.6 is 11.6 Å². The molecule has 0 aliphatic rings. The van der Waals surface area contributed by atoms with E-state index in [0.29, 0.717) is 16.5 Å². The van der Waals surface area contributed by atoms with Gasteiger partial charge in [-0.3, -0.25) is 4.79 Å². The molecule has 98 valence electrons. The van der Waals surface area contributed by atoms with E-state index in [1.165, 1.54) is 0 Å². The molecule has 0 saturated heterocycles. The number of hydrogen-bond donors (Lipinski definition) is 1. The van der Waals surface area contributed by atoms with Gasteiger partial charge in [-0.15, -0.1) is 0 Å². The molecule has 0 atom stereocenters. The molecule has 0 radical (unpaired) electrons. The molecule has 0 bridgehead atoms. The van der Waals surface area contributed by atoms with E-state index in [-0.39, 0.29) is 19.1 Å². The van der Waals surface area contributed by atoms with Crippen LogP contribution in [-0.2, 0) is 4.79 Å². The van der Waals surface area contributed by atoms with Crippen molar-refractivity contribution < 1.29 is 14.3 Å². The van der Waals surface area contributed by atoms with Crippen molar-refractivity contribution >= 4 is 17.5 Å². The number of rotatable bonds is 6. The van der Waals surface area contributed by atoms with Crippen LogP contribution in [-0.4, -0.2) is 26.2 Å². The number of carbonyl (C=O) groups is 1. The van der Waals surface area contributed by atoms with Crippen molar-refractivity contribution in [3.63, 3.8) is 0 Å². The van der Waals surface area contributed by atoms with Crippen molar-refractivity contribution in [2.24, 2.45) is 0 Å². The number of halogens is 1. The number of methoxy groups -OCH3 is 1. The van der Waals surface area contributed by atoms with Gasteiger partial charge in [0.1, 0.15) is 0 Å². The first-order chi connectivity index (χ1) is 8.52. The van der Waals surface area contributed by atoms with Crippen molar-refractivity contribution in [3.8, 4) is 11.5 Å². The molecule has 0 aliphatic carbocycles. The number of ether oxygens (including phenoxy) is 2. The van der Waals surface area contributed by atoms with Crippen LogP contribution in [0.25, 0.3) is 0 Å². The van der Waals surface area contributed by atoms with Gasteiger partial charge in [0.05, 0.1) is 13.7 Å². The summed E-state index contributed by atoms with van der Waals surface area (Å²) in [4.78, 5) is 11.4. The zero-order valence-electron chi connectivity index (χ0n) is 10.5. The fourth-order valence-electron chi connectivity index (χ4n) is 1.28. The summed E-state index contributed by atoms with van der Waals surface area (Å²) in [6, 6.07) is 5.49. The normalized spacial score (nSPS) is 9.72. The molecule has 0 aliphatic heterocycles. The maximum atomic E-state index is 11.4. The van der Waals surface area contributed by atoms with E-state index in [0.717, 1.165) is 5.56 Å². The molecule has 0 saturated carbocycles. The summed E-state index contributed by atoms with van der Waals surface area (Å²) in [6.07, 6.45) is 0. The van der Waals surface area contributed by atoms with Crippen molar-refractivity contribution in [2.75, 3.05) is 20.3 Å². The SMILES string of the molecule is C=C(Cl)CNC(=O)COc1ccc(C)cc1OC. The lowest BCUT2D eigenvalue weighted by Crippen LogP contribution is -2.29. The van der Waals surface area contributed by atoms with Gasteiger partial charge < -0.3 is 14.8 Å². The Bertz CT molecular complexity index is 446. The van der Waals surface area contributed by atoms with Crippen LogP contribution in [0.3, 0.4) is 0 Å². The number of amides is 1. The molecule has 0 unspecified atom stereocenters. The summed E-state index contributed by atoms with van der Waals surface area (Å²) in [5.41, 5.74) is 1.06. The summed E-state index contributed by atoms with van der Waals surface area (Å²) in [5.74, 6) is 0.868. The smallest absolute Gasteiger partial charge is 0.258 e. The summed E-state index contributed by atoms with van der Waals surface area (Å²) in [6.45, 7) is 5.56. The Morgan fingerprint density at radius 1 is 1.44 bits per heavy atom. The zero-order chi connectivity index (χ0) is 13.5. The molecule has 0 fully saturated rings. The third-order valence-corrected chi connectivity index (χ3v) is 2.29. The second-order valence-electron chi connectivity index (χ2n) is 3.74. The Morgan fingerprint density at radius 3 is 2.78 bits per heavy atom. The highest BCUT2D eigenvalue weighted by atomic mass is 35.5. The van der Waals surface area contributed by atoms with Gasteiger partial charge >= 0.3 is 0 Å². The molecule has 1 amide bonds. The Hall–Kier alpha value is -1.68. The topological polar surface area (TPSA) is 47.6 Å². The molecule has 4 nitrogen and oxygen atoms in total. The number of carbonyl (C=O) groups excluding carboxylic acids is 1. The second kappa shape index (κ2) is 6.91. The van der Waals surface area contributed by atoms with Crippen LogP contribution in [0.4, 0.5) is 0 Å². The summed E-state index contributed by atoms with van der Waals surface area (Å²) in [5, 5.41) is 2.94. The van der Waals surface area contributed by atoms with Gasteiger partial charge in [0.25, 0.3) is 5.91 Å². The van der Waals surface area contributed by atoms with Gasteiger partial charge in [-0.2, -0.15) is 0 Å². The van der Waals surface area contributed by atoms with Crippen molar-refractivity contribution in [2.45, 2.75) is 6.92 Å². The number of aryl methyl sites for hydroxylation is 1. The standard InChI is InChI=1S/C13H16ClNO3/c1-9-4-5-11(12(6-9)17-3)18-8-13(16)15-7-10(2)14/h4-6H,2,7-8H2,1,3H3,(H,15,16). The molecule has 5 heteroatoms. The third kappa shape index (κ3) is 4.67. The molecule has 0 spiro atoms. The third-order valence-electron chi connectivity index (χ3n) is 2.16. The summed E-state index contributed by atoms with van der Waals surface area (Å²) in [7, 11) is 1.55. The molecule has 1 aromatic carbocycles. The van der Waals surface area contributed by atoms with Gasteiger partial charge in [0.15, 0.2) is 18.1 Å². The van der Waals surface area contributed by atoms with Crippen molar-refractivity contribution in [1.82, 2.24) is 5.32 Å². The first-order valence-corrected chi connectivity index (χ1v) is 5.78. The van der Waals surface area contributed by atoms with Crippen LogP contribution in [0.2, 0.25) is 0 Å². The van der Waals surface area contributed by atoms with Gasteiger partial charge in [0, 0.05) is 5.03 Å². The molecular weight excluding hydrogens is 254 g/mol. The maximum absolute atomic E-state index is 11.4. The zero-order valence-corrected chi connectivity index (χ0v) is 11.2. The Labute approximate surface area is 112 Å². The predicted octanol–water partition coefficient (Wildman–Crippen LogP) is 2.25. The Balaban J connectivity index is 2.52. The molecular formula is C13H16ClNO3. The lowest BCUT2D eigenvalue weighted by Gasteiger charge is -2.11. The van der Waals surface area contributed by atoms with E-state index < -0.39 is 0 Å². The molecule has 1 rings (SSSR count). The van der Waals surface area contributed by atoms with Gasteiger partial charge in [-0.25, -0.2) is 0 Å². The van der Waals surface area contributed by atoms with E-state index in [1.54, 1.807) is 13.2 Å². The van der Waals surface area contributed by atoms with Crippen molar-refractivity contribution in [3.05, 3.63) is 35.4 Å². The first-order valence-electron chi connectivity index (χ1n) is 5.40. The van der Waals surface area contributed by atoms with Crippen LogP contribution in [0.15, 0.2) is 29.8 Å². The Morgan fingerprint density at radius 2 is 2.17 bits per heavy atom. The van der Waals surface area contributed by atoms with E-state index in [2.05, 4.69) is 11.9 Å². The lowest BCUT2D eigenvalue weighted by molar-refractivity contribution is -0.122. The minimum atomic E-state index is -0.264. The lowest BCUT2D eigenvalue weighted by atomic mass is 10.2. The second-order valence-corrected chi connectivity index (χ2v) is 4.27. The highest BCUT2D eigenvalue weighted by Crippen LogP contribution is 2.27. The average molecular weight is 270 g/mol. The Kier molecular flexibility index (Phi) is 5.52. The number of nitrogens with one attached hydrogen (secondary N) is 1. The number of benzene rings is 1. The first kappa shape index (κ1) is 14.4. The van der Waals surface area contributed by atoms with E-state index in [4.69, 9.17) is 21.1 Å². The van der Waals surface area contributed by atoms with Gasteiger partial charge in [0.2, 0.25) is 0 Å². The van der Waals surface area contributed by atoms with E-state index in [9.17, 15) is 4.79 Å². The minimum absolute atomic E-state index is 0.0937. The highest BCUT2D eigenvalue weighted by molar-refractivity contribution is 6.29. The molecule has 0 aromatic heterocycles. The quantitative estimate of drug-likeness (QED) is 0.862. The van der Waals surface area contributed by atoms with Crippen LogP contribution in [0.5, 0.6) is 11.5 Å². The molecule has 1 aromatic rings. The highest BCUT2D eigenvalue weighted by Gasteiger charge is 2.07. The maximum Gasteiger partial charge on any atom is 0.258 e. The molecule has 0 heterocycles. The van der Waals surface area contributed by atoms with Gasteiger partial charge in [-0.1, -0.05) is 24.2 Å². The number of hydrogen-bond acceptors (Lipinski definition) is 3. The monoisotopic (exact) mass is 269 g/mol.